The number of nitrogens with zero attached hydrogens (tertiary/aromatic N) is 3. The Morgan fingerprint density at radius 3 is 2.41 bits per heavy atom. The van der Waals surface area contributed by atoms with E-state index in [1.807, 2.05) is 30.5 Å². The van der Waals surface area contributed by atoms with E-state index in [1.54, 1.807) is 0 Å². The van der Waals surface area contributed by atoms with E-state index in [4.69, 9.17) is 19.4 Å². The monoisotopic (exact) mass is 706 g/mol. The van der Waals surface area contributed by atoms with Crippen LogP contribution in [0.25, 0.3) is 44.2 Å². The van der Waals surface area contributed by atoms with Gasteiger partial charge in [0.1, 0.15) is 6.61 Å². The van der Waals surface area contributed by atoms with Crippen LogP contribution in [-0.2, 0) is 6.42 Å². The van der Waals surface area contributed by atoms with Crippen molar-refractivity contribution in [2.75, 3.05) is 26.2 Å². The lowest BCUT2D eigenvalue weighted by molar-refractivity contribution is 0.0450. The minimum atomic E-state index is -0.315. The fourth-order valence-corrected chi connectivity index (χ4v) is 9.87. The molecule has 5 aliphatic rings. The molecule has 7 heterocycles. The summed E-state index contributed by atoms with van der Waals surface area (Å²) >= 11 is 0. The largest absolute Gasteiger partial charge is 0.485 e. The normalized spacial score (nSPS) is 23.0. The number of para-hydroxylation sites is 3. The summed E-state index contributed by atoms with van der Waals surface area (Å²) in [5.41, 5.74) is 11.7. The highest BCUT2D eigenvalue weighted by Gasteiger charge is 2.42. The number of ether oxygens (including phenoxy) is 2. The molecular weight excluding hydrogens is 665 g/mol. The molecule has 2 bridgehead atoms. The van der Waals surface area contributed by atoms with E-state index in [2.05, 4.69) is 107 Å². The van der Waals surface area contributed by atoms with Crippen LogP contribution in [0.4, 0.5) is 0 Å². The molecule has 0 radical (unpaired) electrons. The molecule has 266 valence electrons. The molecule has 5 aromatic carbocycles. The van der Waals surface area contributed by atoms with Gasteiger partial charge in [-0.05, 0) is 109 Å². The second-order valence-corrected chi connectivity index (χ2v) is 15.4. The Labute approximate surface area is 315 Å². The number of hydrogen-bond acceptors (Lipinski definition) is 6. The van der Waals surface area contributed by atoms with Gasteiger partial charge in [0.05, 0.1) is 22.9 Å². The molecule has 1 N–H and O–H groups in total. The van der Waals surface area contributed by atoms with Gasteiger partial charge < -0.3 is 14.8 Å². The highest BCUT2D eigenvalue weighted by molar-refractivity contribution is 5.97. The zero-order chi connectivity index (χ0) is 35.6. The van der Waals surface area contributed by atoms with E-state index in [-0.39, 0.29) is 18.2 Å². The van der Waals surface area contributed by atoms with Gasteiger partial charge in [0.2, 0.25) is 0 Å². The van der Waals surface area contributed by atoms with Crippen molar-refractivity contribution in [3.63, 3.8) is 0 Å². The van der Waals surface area contributed by atoms with E-state index >= 15 is 0 Å². The molecule has 3 unspecified atom stereocenters. The van der Waals surface area contributed by atoms with Crippen LogP contribution in [-0.4, -0.2) is 41.1 Å². The smallest absolute Gasteiger partial charge is 0.162 e. The molecule has 3 saturated heterocycles. The highest BCUT2D eigenvalue weighted by atomic mass is 16.6. The molecular formula is C48H42N4O2. The summed E-state index contributed by atoms with van der Waals surface area (Å²) in [6.45, 7) is 3.53. The Kier molecular flexibility index (Phi) is 7.73. The van der Waals surface area contributed by atoms with Crippen molar-refractivity contribution in [2.45, 2.75) is 43.9 Å². The summed E-state index contributed by atoms with van der Waals surface area (Å²) < 4.78 is 13.5. The first kappa shape index (κ1) is 31.9. The Morgan fingerprint density at radius 1 is 0.722 bits per heavy atom. The highest BCUT2D eigenvalue weighted by Crippen LogP contribution is 2.53. The van der Waals surface area contributed by atoms with Gasteiger partial charge in [-0.3, -0.25) is 9.88 Å². The summed E-state index contributed by atoms with van der Waals surface area (Å²) in [7, 11) is 0. The minimum Gasteiger partial charge on any atom is -0.485 e. The fourth-order valence-electron chi connectivity index (χ4n) is 9.87. The van der Waals surface area contributed by atoms with Gasteiger partial charge in [0, 0.05) is 46.2 Å². The van der Waals surface area contributed by atoms with E-state index in [9.17, 15) is 0 Å². The van der Waals surface area contributed by atoms with Crippen LogP contribution in [0.5, 0.6) is 11.5 Å². The molecule has 6 nitrogen and oxygen atoms in total. The van der Waals surface area contributed by atoms with Crippen molar-refractivity contribution >= 4 is 21.7 Å². The van der Waals surface area contributed by atoms with Gasteiger partial charge in [-0.1, -0.05) is 84.9 Å². The molecule has 0 aliphatic carbocycles. The number of pyridine rings is 2. The van der Waals surface area contributed by atoms with E-state index < -0.39 is 0 Å². The van der Waals surface area contributed by atoms with Gasteiger partial charge in [-0.15, -0.1) is 0 Å². The van der Waals surface area contributed by atoms with E-state index in [0.717, 1.165) is 77.2 Å². The third-order valence-electron chi connectivity index (χ3n) is 12.5. The quantitative estimate of drug-likeness (QED) is 0.192. The molecule has 3 fully saturated rings. The van der Waals surface area contributed by atoms with Gasteiger partial charge in [-0.25, -0.2) is 4.98 Å². The van der Waals surface area contributed by atoms with Crippen molar-refractivity contribution in [2.24, 2.45) is 5.92 Å². The molecule has 3 atom stereocenters. The van der Waals surface area contributed by atoms with E-state index in [1.165, 1.54) is 51.6 Å². The molecule has 54 heavy (non-hydrogen) atoms. The third kappa shape index (κ3) is 5.31. The SMILES string of the molecule is c1ccc2c(c1)CCNC2c1c(-c2nccc3ccccc23)cc(C2COc3ccccc3O2)c(C2CC3CCN2CC3)c1-c1ccc2ccccc2n1. The van der Waals surface area contributed by atoms with Crippen LogP contribution < -0.4 is 14.8 Å². The van der Waals surface area contributed by atoms with Gasteiger partial charge >= 0.3 is 0 Å². The maximum Gasteiger partial charge on any atom is 0.162 e. The number of rotatable bonds is 5. The second-order valence-electron chi connectivity index (χ2n) is 15.4. The average molecular weight is 707 g/mol. The van der Waals surface area contributed by atoms with Gasteiger partial charge in [0.15, 0.2) is 17.6 Å². The fraction of sp³-hybridized carbons (Fsp3) is 0.250. The standard InChI is InChI=1S/C48H42N4O2/c1-4-12-34-31(9-1)19-23-49-47(34)37-28-36(43-29-53-41-15-7-8-16-42(41)54-43)44(40-27-30-21-25-52(40)26-22-30)46(39-18-17-33-11-3-6-14-38(33)51-39)45(37)48-35-13-5-2-10-32(35)20-24-50-48/h1-19,23,28,30,40,43,48,50H,20-22,24-27,29H2. The maximum absolute atomic E-state index is 7.01. The van der Waals surface area contributed by atoms with Crippen LogP contribution in [0, 0.1) is 5.92 Å². The number of hydrogen-bond donors (Lipinski definition) is 1. The number of fused-ring (bicyclic) bond motifs is 7. The number of piperidine rings is 3. The van der Waals surface area contributed by atoms with Crippen LogP contribution in [0.1, 0.15) is 65.3 Å². The number of benzene rings is 5. The first-order chi connectivity index (χ1) is 26.8. The molecule has 12 rings (SSSR count). The Hall–Kier alpha value is -5.56. The zero-order valence-corrected chi connectivity index (χ0v) is 30.2. The molecule has 6 heteroatoms. The molecule has 0 amide bonds. The predicted molar refractivity (Wildman–Crippen MR) is 215 cm³/mol. The zero-order valence-electron chi connectivity index (χ0n) is 30.2. The number of nitrogens with one attached hydrogen (secondary N) is 1. The van der Waals surface area contributed by atoms with E-state index in [0.29, 0.717) is 12.5 Å². The molecule has 5 aliphatic heterocycles. The van der Waals surface area contributed by atoms with Crippen LogP contribution in [0.2, 0.25) is 0 Å². The van der Waals surface area contributed by atoms with Crippen molar-refractivity contribution in [3.8, 4) is 34.0 Å². The summed E-state index contributed by atoms with van der Waals surface area (Å²) in [6, 6.07) is 43.4. The Bertz CT molecular complexity index is 2550. The lowest BCUT2D eigenvalue weighted by Gasteiger charge is -2.47. The second kappa shape index (κ2) is 13.1. The average Bonchev–Trinajstić information content (AvgIpc) is 3.25. The first-order valence-electron chi connectivity index (χ1n) is 19.6. The molecule has 7 aromatic rings. The third-order valence-corrected chi connectivity index (χ3v) is 12.5. The first-order valence-corrected chi connectivity index (χ1v) is 19.6. The summed E-state index contributed by atoms with van der Waals surface area (Å²) in [5, 5.41) is 7.49. The van der Waals surface area contributed by atoms with Gasteiger partial charge in [0.25, 0.3) is 0 Å². The lowest BCUT2D eigenvalue weighted by atomic mass is 9.73. The van der Waals surface area contributed by atoms with Crippen molar-refractivity contribution < 1.29 is 9.47 Å². The van der Waals surface area contributed by atoms with Crippen molar-refractivity contribution in [1.29, 1.82) is 0 Å². The summed E-state index contributed by atoms with van der Waals surface area (Å²) in [5.74, 6) is 2.28. The Morgan fingerprint density at radius 2 is 1.52 bits per heavy atom. The van der Waals surface area contributed by atoms with Gasteiger partial charge in [-0.2, -0.15) is 0 Å². The lowest BCUT2D eigenvalue weighted by Crippen LogP contribution is -2.44. The summed E-state index contributed by atoms with van der Waals surface area (Å²) in [6.07, 6.45) is 6.28. The molecule has 2 aromatic heterocycles. The van der Waals surface area contributed by atoms with Crippen LogP contribution >= 0.6 is 0 Å². The minimum absolute atomic E-state index is 0.0678. The molecule has 0 saturated carbocycles. The van der Waals surface area contributed by atoms with Crippen LogP contribution in [0.3, 0.4) is 0 Å². The topological polar surface area (TPSA) is 59.5 Å². The number of aromatic nitrogens is 2. The van der Waals surface area contributed by atoms with Crippen molar-refractivity contribution in [3.05, 3.63) is 155 Å². The maximum atomic E-state index is 7.01. The van der Waals surface area contributed by atoms with Crippen molar-refractivity contribution in [1.82, 2.24) is 20.2 Å². The predicted octanol–water partition coefficient (Wildman–Crippen LogP) is 10.0. The molecule has 0 spiro atoms. The Balaban J connectivity index is 1.28. The van der Waals surface area contributed by atoms with Crippen LogP contribution in [0.15, 0.2) is 128 Å². The summed E-state index contributed by atoms with van der Waals surface area (Å²) in [4.78, 5) is 13.5.